The summed E-state index contributed by atoms with van der Waals surface area (Å²) in [5.74, 6) is 0.937. The van der Waals surface area contributed by atoms with E-state index >= 15 is 0 Å². The summed E-state index contributed by atoms with van der Waals surface area (Å²) in [6.07, 6.45) is 14.5. The second-order valence-electron chi connectivity index (χ2n) is 4.66. The van der Waals surface area contributed by atoms with Crippen LogP contribution in [0.4, 0.5) is 0 Å². The Balaban J connectivity index is 1.64. The molecule has 1 atom stereocenters. The molecule has 0 spiro atoms. The van der Waals surface area contributed by atoms with E-state index in [2.05, 4.69) is 33.5 Å². The molecule has 2 aliphatic carbocycles. The number of hydrogen-bond donors (Lipinski definition) is 1. The SMILES string of the molecule is C1=CCC2N=C(C=NC3CCCC3)NC2=C1. The summed E-state index contributed by atoms with van der Waals surface area (Å²) in [4.78, 5) is 9.20. The van der Waals surface area contributed by atoms with Gasteiger partial charge >= 0.3 is 0 Å². The smallest absolute Gasteiger partial charge is 0.144 e. The molecule has 16 heavy (non-hydrogen) atoms. The van der Waals surface area contributed by atoms with Gasteiger partial charge in [-0.15, -0.1) is 0 Å². The standard InChI is InChI=1S/C13H17N3/c1-2-6-10(5-1)14-9-13-15-11-7-3-4-8-12(11)16-13/h3-4,7,9-10,12H,1-2,5-6,8H2,(H,15,16). The van der Waals surface area contributed by atoms with Crippen LogP contribution in [0.3, 0.4) is 0 Å². The maximum atomic E-state index is 4.61. The second-order valence-corrected chi connectivity index (χ2v) is 4.66. The lowest BCUT2D eigenvalue weighted by Crippen LogP contribution is -2.21. The predicted octanol–water partition coefficient (Wildman–Crippen LogP) is 2.21. The molecule has 1 fully saturated rings. The van der Waals surface area contributed by atoms with Crippen molar-refractivity contribution in [3.05, 3.63) is 23.9 Å². The Bertz CT molecular complexity index is 384. The van der Waals surface area contributed by atoms with E-state index in [0.717, 1.165) is 12.3 Å². The Morgan fingerprint density at radius 3 is 3.06 bits per heavy atom. The van der Waals surface area contributed by atoms with Crippen molar-refractivity contribution in [2.45, 2.75) is 44.2 Å². The van der Waals surface area contributed by atoms with Crippen LogP contribution >= 0.6 is 0 Å². The average molecular weight is 215 g/mol. The molecular weight excluding hydrogens is 198 g/mol. The number of nitrogens with one attached hydrogen (secondary N) is 1. The van der Waals surface area contributed by atoms with Crippen LogP contribution in [0.5, 0.6) is 0 Å². The number of hydrogen-bond acceptors (Lipinski definition) is 3. The molecule has 3 nitrogen and oxygen atoms in total. The molecule has 0 bridgehead atoms. The van der Waals surface area contributed by atoms with Crippen molar-refractivity contribution >= 4 is 12.1 Å². The van der Waals surface area contributed by atoms with Crippen molar-refractivity contribution < 1.29 is 0 Å². The largest absolute Gasteiger partial charge is 0.341 e. The maximum absolute atomic E-state index is 4.61. The van der Waals surface area contributed by atoms with Crippen molar-refractivity contribution in [3.8, 4) is 0 Å². The third-order valence-corrected chi connectivity index (χ3v) is 3.43. The van der Waals surface area contributed by atoms with Crippen molar-refractivity contribution in [3.63, 3.8) is 0 Å². The first-order chi connectivity index (χ1) is 7.92. The van der Waals surface area contributed by atoms with Gasteiger partial charge in [0.15, 0.2) is 0 Å². The minimum absolute atomic E-state index is 0.315. The fourth-order valence-electron chi connectivity index (χ4n) is 2.51. The van der Waals surface area contributed by atoms with Crippen LogP contribution in [0.15, 0.2) is 33.9 Å². The number of allylic oxidation sites excluding steroid dienone is 2. The van der Waals surface area contributed by atoms with Crippen LogP contribution < -0.4 is 5.32 Å². The van der Waals surface area contributed by atoms with Crippen LogP contribution in [-0.4, -0.2) is 24.1 Å². The number of fused-ring (bicyclic) bond motifs is 1. The highest BCUT2D eigenvalue weighted by Crippen LogP contribution is 2.21. The van der Waals surface area contributed by atoms with Gasteiger partial charge < -0.3 is 5.32 Å². The molecule has 1 aliphatic heterocycles. The molecule has 0 aromatic carbocycles. The van der Waals surface area contributed by atoms with E-state index in [1.54, 1.807) is 0 Å². The first-order valence-electron chi connectivity index (χ1n) is 6.16. The third kappa shape index (κ3) is 1.94. The average Bonchev–Trinajstić information content (AvgIpc) is 2.95. The monoisotopic (exact) mass is 215 g/mol. The maximum Gasteiger partial charge on any atom is 0.144 e. The summed E-state index contributed by atoms with van der Waals surface area (Å²) in [7, 11) is 0. The van der Waals surface area contributed by atoms with Gasteiger partial charge in [-0.3, -0.25) is 9.98 Å². The van der Waals surface area contributed by atoms with Gasteiger partial charge in [-0.25, -0.2) is 0 Å². The molecule has 0 amide bonds. The summed E-state index contributed by atoms with van der Waals surface area (Å²) >= 11 is 0. The minimum atomic E-state index is 0.315. The van der Waals surface area contributed by atoms with E-state index < -0.39 is 0 Å². The topological polar surface area (TPSA) is 36.8 Å². The van der Waals surface area contributed by atoms with Crippen LogP contribution in [0, 0.1) is 0 Å². The molecule has 1 N–H and O–H groups in total. The van der Waals surface area contributed by atoms with E-state index in [1.165, 1.54) is 31.4 Å². The number of aliphatic imine (C=N–C) groups is 2. The fourth-order valence-corrected chi connectivity index (χ4v) is 2.51. The van der Waals surface area contributed by atoms with Gasteiger partial charge in [-0.2, -0.15) is 0 Å². The van der Waals surface area contributed by atoms with Crippen LogP contribution in [0.2, 0.25) is 0 Å². The molecule has 84 valence electrons. The Morgan fingerprint density at radius 2 is 2.25 bits per heavy atom. The molecule has 3 rings (SSSR count). The van der Waals surface area contributed by atoms with Gasteiger partial charge in [0.25, 0.3) is 0 Å². The molecule has 0 saturated heterocycles. The highest BCUT2D eigenvalue weighted by Gasteiger charge is 2.22. The Kier molecular flexibility index (Phi) is 2.60. The van der Waals surface area contributed by atoms with E-state index in [9.17, 15) is 0 Å². The van der Waals surface area contributed by atoms with Crippen LogP contribution in [0.1, 0.15) is 32.1 Å². The molecular formula is C13H17N3. The van der Waals surface area contributed by atoms with Crippen LogP contribution in [0.25, 0.3) is 0 Å². The fraction of sp³-hybridized carbons (Fsp3) is 0.538. The Labute approximate surface area is 96.1 Å². The lowest BCUT2D eigenvalue weighted by atomic mass is 10.1. The summed E-state index contributed by atoms with van der Waals surface area (Å²) in [5, 5.41) is 3.33. The zero-order chi connectivity index (χ0) is 10.8. The van der Waals surface area contributed by atoms with Crippen molar-refractivity contribution in [1.29, 1.82) is 0 Å². The summed E-state index contributed by atoms with van der Waals surface area (Å²) in [6, 6.07) is 0.856. The number of rotatable bonds is 2. The van der Waals surface area contributed by atoms with Crippen LogP contribution in [-0.2, 0) is 0 Å². The molecule has 0 radical (unpaired) electrons. The summed E-state index contributed by atoms with van der Waals surface area (Å²) in [6.45, 7) is 0. The summed E-state index contributed by atoms with van der Waals surface area (Å²) < 4.78 is 0. The predicted molar refractivity (Wildman–Crippen MR) is 66.9 cm³/mol. The van der Waals surface area contributed by atoms with E-state index in [-0.39, 0.29) is 0 Å². The van der Waals surface area contributed by atoms with Crippen molar-refractivity contribution in [2.24, 2.45) is 9.98 Å². The van der Waals surface area contributed by atoms with Gasteiger partial charge in [-0.05, 0) is 25.3 Å². The normalized spacial score (nSPS) is 29.1. The molecule has 3 heteroatoms. The lowest BCUT2D eigenvalue weighted by Gasteiger charge is -2.09. The number of amidine groups is 1. The second kappa shape index (κ2) is 4.24. The highest BCUT2D eigenvalue weighted by molar-refractivity contribution is 6.30. The molecule has 0 aromatic rings. The zero-order valence-corrected chi connectivity index (χ0v) is 9.39. The van der Waals surface area contributed by atoms with E-state index in [4.69, 9.17) is 0 Å². The summed E-state index contributed by atoms with van der Waals surface area (Å²) in [5.41, 5.74) is 1.22. The number of nitrogens with zero attached hydrogens (tertiary/aromatic N) is 2. The van der Waals surface area contributed by atoms with E-state index in [0.29, 0.717) is 12.1 Å². The van der Waals surface area contributed by atoms with Gasteiger partial charge in [0.1, 0.15) is 5.84 Å². The van der Waals surface area contributed by atoms with Crippen molar-refractivity contribution in [2.75, 3.05) is 0 Å². The molecule has 1 heterocycles. The van der Waals surface area contributed by atoms with Gasteiger partial charge in [0.05, 0.1) is 18.3 Å². The van der Waals surface area contributed by atoms with Gasteiger partial charge in [0, 0.05) is 5.70 Å². The minimum Gasteiger partial charge on any atom is -0.341 e. The van der Waals surface area contributed by atoms with Gasteiger partial charge in [-0.1, -0.05) is 25.0 Å². The zero-order valence-electron chi connectivity index (χ0n) is 9.39. The lowest BCUT2D eigenvalue weighted by molar-refractivity contribution is 0.711. The first-order valence-corrected chi connectivity index (χ1v) is 6.16. The Morgan fingerprint density at radius 1 is 1.38 bits per heavy atom. The first kappa shape index (κ1) is 9.82. The highest BCUT2D eigenvalue weighted by atomic mass is 15.1. The molecule has 0 aromatic heterocycles. The quantitative estimate of drug-likeness (QED) is 0.704. The molecule has 1 unspecified atom stereocenters. The van der Waals surface area contributed by atoms with Gasteiger partial charge in [0.2, 0.25) is 0 Å². The molecule has 3 aliphatic rings. The van der Waals surface area contributed by atoms with Crippen molar-refractivity contribution in [1.82, 2.24) is 5.32 Å². The Hall–Kier alpha value is -1.38. The molecule has 1 saturated carbocycles. The van der Waals surface area contributed by atoms with E-state index in [1.807, 2.05) is 6.21 Å². The third-order valence-electron chi connectivity index (χ3n) is 3.43.